The summed E-state index contributed by atoms with van der Waals surface area (Å²) in [6.45, 7) is 1.36. The summed E-state index contributed by atoms with van der Waals surface area (Å²) in [5, 5.41) is 7.10. The Morgan fingerprint density at radius 3 is 2.37 bits per heavy atom. The van der Waals surface area contributed by atoms with Crippen LogP contribution in [0.4, 0.5) is 0 Å². The van der Waals surface area contributed by atoms with Crippen LogP contribution in [0.2, 0.25) is 10.0 Å². The van der Waals surface area contributed by atoms with E-state index in [1.165, 1.54) is 16.8 Å². The second-order valence-corrected chi connectivity index (χ2v) is 7.20. The van der Waals surface area contributed by atoms with Crippen molar-refractivity contribution < 1.29 is 9.59 Å². The van der Waals surface area contributed by atoms with Crippen LogP contribution in [0.5, 0.6) is 0 Å². The van der Waals surface area contributed by atoms with E-state index in [9.17, 15) is 9.59 Å². The van der Waals surface area contributed by atoms with E-state index in [1.807, 2.05) is 36.4 Å². The Hall–Kier alpha value is -2.37. The molecule has 7 heteroatoms. The molecule has 27 heavy (non-hydrogen) atoms. The highest BCUT2D eigenvalue weighted by Crippen LogP contribution is 2.37. The van der Waals surface area contributed by atoms with E-state index in [4.69, 9.17) is 23.2 Å². The Morgan fingerprint density at radius 1 is 1.11 bits per heavy atom. The van der Waals surface area contributed by atoms with E-state index >= 15 is 0 Å². The van der Waals surface area contributed by atoms with Crippen LogP contribution in [0.1, 0.15) is 30.5 Å². The maximum Gasteiger partial charge on any atom is 0.262 e. The molecule has 2 amide bonds. The third kappa shape index (κ3) is 4.15. The van der Waals surface area contributed by atoms with Crippen molar-refractivity contribution in [3.63, 3.8) is 0 Å². The summed E-state index contributed by atoms with van der Waals surface area (Å²) >= 11 is 12.7. The molecule has 0 saturated carbocycles. The summed E-state index contributed by atoms with van der Waals surface area (Å²) in [6.07, 6.45) is 0.489. The minimum absolute atomic E-state index is 0.0599. The molecule has 0 radical (unpaired) electrons. The Balaban J connectivity index is 1.98. The minimum Gasteiger partial charge on any atom is -0.337 e. The van der Waals surface area contributed by atoms with Crippen LogP contribution in [0.25, 0.3) is 0 Å². The number of hydrazone groups is 1. The molecular weight excluding hydrogens is 385 g/mol. The van der Waals surface area contributed by atoms with Crippen LogP contribution in [0.3, 0.4) is 0 Å². The van der Waals surface area contributed by atoms with E-state index in [-0.39, 0.29) is 24.4 Å². The molecule has 1 aliphatic rings. The number of carbonyl (C=O) groups is 2. The lowest BCUT2D eigenvalue weighted by atomic mass is 9.98. The van der Waals surface area contributed by atoms with Gasteiger partial charge in [0.15, 0.2) is 0 Å². The summed E-state index contributed by atoms with van der Waals surface area (Å²) in [7, 11) is 1.58. The van der Waals surface area contributed by atoms with Crippen molar-refractivity contribution in [3.05, 3.63) is 69.7 Å². The van der Waals surface area contributed by atoms with E-state index in [0.29, 0.717) is 22.2 Å². The van der Waals surface area contributed by atoms with Crippen LogP contribution < -0.4 is 0 Å². The number of halogens is 2. The van der Waals surface area contributed by atoms with E-state index < -0.39 is 0 Å². The maximum absolute atomic E-state index is 12.9. The Labute approximate surface area is 168 Å². The van der Waals surface area contributed by atoms with Crippen LogP contribution >= 0.6 is 23.2 Å². The molecule has 0 aliphatic carbocycles. The quantitative estimate of drug-likeness (QED) is 0.769. The minimum atomic E-state index is -0.349. The van der Waals surface area contributed by atoms with Crippen molar-refractivity contribution in [2.24, 2.45) is 5.10 Å². The number of benzene rings is 2. The molecule has 140 valence electrons. The number of nitrogens with zero attached hydrogens (tertiary/aromatic N) is 3. The first-order valence-corrected chi connectivity index (χ1v) is 9.24. The number of carbonyl (C=O) groups excluding carboxylic acids is 2. The van der Waals surface area contributed by atoms with Crippen LogP contribution in [-0.2, 0) is 9.59 Å². The molecule has 5 nitrogen and oxygen atoms in total. The van der Waals surface area contributed by atoms with Gasteiger partial charge in [-0.15, -0.1) is 0 Å². The van der Waals surface area contributed by atoms with Crippen molar-refractivity contribution in [3.8, 4) is 0 Å². The fraction of sp³-hybridized carbons (Fsp3) is 0.250. The van der Waals surface area contributed by atoms with Gasteiger partial charge >= 0.3 is 0 Å². The molecule has 0 fully saturated rings. The largest absolute Gasteiger partial charge is 0.337 e. The number of amides is 2. The van der Waals surface area contributed by atoms with Crippen molar-refractivity contribution in [2.45, 2.75) is 19.4 Å². The average molecular weight is 404 g/mol. The van der Waals surface area contributed by atoms with E-state index in [1.54, 1.807) is 19.2 Å². The monoisotopic (exact) mass is 403 g/mol. The molecule has 0 spiro atoms. The molecule has 1 atom stereocenters. The van der Waals surface area contributed by atoms with Crippen LogP contribution in [0.15, 0.2) is 53.6 Å². The molecule has 0 N–H and O–H groups in total. The maximum atomic E-state index is 12.9. The normalized spacial score (nSPS) is 16.2. The summed E-state index contributed by atoms with van der Waals surface area (Å²) in [5.74, 6) is -0.466. The molecule has 1 heterocycles. The second-order valence-electron chi connectivity index (χ2n) is 6.38. The molecule has 2 aromatic carbocycles. The molecule has 2 aromatic rings. The van der Waals surface area contributed by atoms with Gasteiger partial charge in [-0.05, 0) is 17.7 Å². The standard InChI is InChI=1S/C20H19Cl2N3O2/c1-13(26)24(2)12-20(27)25-19(15-8-4-6-10-17(15)22)11-18(23-25)14-7-3-5-9-16(14)21/h3-10,19H,11-12H2,1-2H3. The lowest BCUT2D eigenvalue weighted by Crippen LogP contribution is -2.38. The Bertz CT molecular complexity index is 914. The van der Waals surface area contributed by atoms with E-state index in [0.717, 1.165) is 11.1 Å². The van der Waals surface area contributed by atoms with Gasteiger partial charge in [-0.2, -0.15) is 5.10 Å². The van der Waals surface area contributed by atoms with Crippen molar-refractivity contribution in [2.75, 3.05) is 13.6 Å². The summed E-state index contributed by atoms with van der Waals surface area (Å²) in [6, 6.07) is 14.4. The predicted octanol–water partition coefficient (Wildman–Crippen LogP) is 4.15. The zero-order chi connectivity index (χ0) is 19.6. The van der Waals surface area contributed by atoms with Gasteiger partial charge in [-0.1, -0.05) is 59.6 Å². The third-order valence-corrected chi connectivity index (χ3v) is 5.20. The number of hydrogen-bond acceptors (Lipinski definition) is 3. The Morgan fingerprint density at radius 2 is 1.74 bits per heavy atom. The lowest BCUT2D eigenvalue weighted by Gasteiger charge is -2.25. The topological polar surface area (TPSA) is 53.0 Å². The highest BCUT2D eigenvalue weighted by Gasteiger charge is 2.35. The molecule has 0 saturated heterocycles. The fourth-order valence-electron chi connectivity index (χ4n) is 2.97. The highest BCUT2D eigenvalue weighted by molar-refractivity contribution is 6.34. The van der Waals surface area contributed by atoms with Gasteiger partial charge < -0.3 is 4.90 Å². The highest BCUT2D eigenvalue weighted by atomic mass is 35.5. The predicted molar refractivity (Wildman–Crippen MR) is 107 cm³/mol. The van der Waals surface area contributed by atoms with Gasteiger partial charge in [0.25, 0.3) is 5.91 Å². The molecule has 0 aromatic heterocycles. The zero-order valence-electron chi connectivity index (χ0n) is 15.0. The van der Waals surface area contributed by atoms with Crippen LogP contribution in [0, 0.1) is 0 Å². The van der Waals surface area contributed by atoms with Gasteiger partial charge in [0.2, 0.25) is 5.91 Å². The SMILES string of the molecule is CC(=O)N(C)CC(=O)N1N=C(c2ccccc2Cl)CC1c1ccccc1Cl. The molecule has 1 unspecified atom stereocenters. The van der Waals surface area contributed by atoms with Crippen molar-refractivity contribution >= 4 is 40.7 Å². The lowest BCUT2D eigenvalue weighted by molar-refractivity contribution is -0.139. The van der Waals surface area contributed by atoms with E-state index in [2.05, 4.69) is 5.10 Å². The number of likely N-dealkylation sites (N-methyl/N-ethyl adjacent to an activating group) is 1. The second kappa shape index (κ2) is 8.11. The molecule has 3 rings (SSSR count). The van der Waals surface area contributed by atoms with Gasteiger partial charge in [0, 0.05) is 36.0 Å². The van der Waals surface area contributed by atoms with Crippen molar-refractivity contribution in [1.29, 1.82) is 0 Å². The first kappa shape index (κ1) is 19.4. The van der Waals surface area contributed by atoms with Crippen LogP contribution in [-0.4, -0.2) is 41.0 Å². The molecule has 1 aliphatic heterocycles. The first-order valence-electron chi connectivity index (χ1n) is 8.49. The summed E-state index contributed by atoms with van der Waals surface area (Å²) in [5.41, 5.74) is 2.31. The summed E-state index contributed by atoms with van der Waals surface area (Å²) in [4.78, 5) is 25.7. The molecular formula is C20H19Cl2N3O2. The first-order chi connectivity index (χ1) is 12.9. The fourth-order valence-corrected chi connectivity index (χ4v) is 3.48. The van der Waals surface area contributed by atoms with Gasteiger partial charge in [0.05, 0.1) is 11.8 Å². The smallest absolute Gasteiger partial charge is 0.262 e. The number of rotatable bonds is 4. The Kier molecular flexibility index (Phi) is 5.82. The van der Waals surface area contributed by atoms with Gasteiger partial charge in [-0.25, -0.2) is 5.01 Å². The van der Waals surface area contributed by atoms with Gasteiger partial charge in [-0.3, -0.25) is 9.59 Å². The van der Waals surface area contributed by atoms with Gasteiger partial charge in [0.1, 0.15) is 6.54 Å². The average Bonchev–Trinajstić information content (AvgIpc) is 3.07. The zero-order valence-corrected chi connectivity index (χ0v) is 16.5. The third-order valence-electron chi connectivity index (χ3n) is 4.52. The van der Waals surface area contributed by atoms with Crippen molar-refractivity contribution in [1.82, 2.24) is 9.91 Å². The summed E-state index contributed by atoms with van der Waals surface area (Å²) < 4.78 is 0. The molecule has 0 bridgehead atoms. The number of hydrogen-bond donors (Lipinski definition) is 0.